The number of anilines is 1. The van der Waals surface area contributed by atoms with E-state index < -0.39 is 18.6 Å². The van der Waals surface area contributed by atoms with Crippen molar-refractivity contribution in [2.75, 3.05) is 11.9 Å². The van der Waals surface area contributed by atoms with Crippen LogP contribution in [0.2, 0.25) is 0 Å². The highest BCUT2D eigenvalue weighted by atomic mass is 19.4. The Morgan fingerprint density at radius 2 is 2.04 bits per heavy atom. The average molecular weight is 338 g/mol. The molecule has 1 amide bonds. The first kappa shape index (κ1) is 16.6. The normalized spacial score (nSPS) is 14.7. The lowest BCUT2D eigenvalue weighted by atomic mass is 10.1. The van der Waals surface area contributed by atoms with E-state index in [2.05, 4.69) is 5.32 Å². The van der Waals surface area contributed by atoms with Crippen LogP contribution in [0.1, 0.15) is 33.0 Å². The number of hydrogen-bond acceptors (Lipinski definition) is 3. The standard InChI is InChI=1S/C17H17F3N2O2/c1-10-6-11(2)24-15(10)16(23)21-14-5-3-4-12-7-22(8-13(12)14)9-17(18,19)20/h3-6H,7-9H2,1-2H3,(H,21,23). The van der Waals surface area contributed by atoms with Gasteiger partial charge in [0.15, 0.2) is 5.76 Å². The zero-order chi connectivity index (χ0) is 17.5. The van der Waals surface area contributed by atoms with Crippen molar-refractivity contribution in [2.24, 2.45) is 0 Å². The topological polar surface area (TPSA) is 45.5 Å². The molecule has 1 N–H and O–H groups in total. The average Bonchev–Trinajstić information content (AvgIpc) is 3.00. The van der Waals surface area contributed by atoms with E-state index in [1.54, 1.807) is 38.1 Å². The zero-order valence-electron chi connectivity index (χ0n) is 13.3. The molecule has 24 heavy (non-hydrogen) atoms. The summed E-state index contributed by atoms with van der Waals surface area (Å²) in [6.45, 7) is 2.93. The van der Waals surface area contributed by atoms with Gasteiger partial charge >= 0.3 is 6.18 Å². The Kier molecular flexibility index (Phi) is 4.13. The molecule has 0 atom stereocenters. The third kappa shape index (κ3) is 3.46. The number of furan rings is 1. The van der Waals surface area contributed by atoms with Gasteiger partial charge in [-0.1, -0.05) is 12.1 Å². The maximum Gasteiger partial charge on any atom is 0.401 e. The summed E-state index contributed by atoms with van der Waals surface area (Å²) in [5.41, 5.74) is 2.76. The van der Waals surface area contributed by atoms with Crippen molar-refractivity contribution in [1.82, 2.24) is 4.90 Å². The molecule has 0 bridgehead atoms. The number of benzene rings is 1. The van der Waals surface area contributed by atoms with E-state index in [-0.39, 0.29) is 18.8 Å². The molecule has 1 aromatic heterocycles. The Bertz CT molecular complexity index is 781. The molecule has 0 aliphatic carbocycles. The van der Waals surface area contributed by atoms with E-state index in [0.29, 0.717) is 11.4 Å². The highest BCUT2D eigenvalue weighted by molar-refractivity contribution is 6.03. The van der Waals surface area contributed by atoms with Crippen LogP contribution < -0.4 is 5.32 Å². The number of nitrogens with one attached hydrogen (secondary N) is 1. The van der Waals surface area contributed by atoms with E-state index in [1.165, 1.54) is 4.90 Å². The van der Waals surface area contributed by atoms with Gasteiger partial charge in [0.1, 0.15) is 5.76 Å². The number of carbonyl (C=O) groups excluding carboxylic acids is 1. The minimum absolute atomic E-state index is 0.154. The lowest BCUT2D eigenvalue weighted by molar-refractivity contribution is -0.146. The van der Waals surface area contributed by atoms with Gasteiger partial charge in [-0.15, -0.1) is 0 Å². The molecule has 2 aromatic rings. The van der Waals surface area contributed by atoms with E-state index in [9.17, 15) is 18.0 Å². The number of amides is 1. The summed E-state index contributed by atoms with van der Waals surface area (Å²) in [4.78, 5) is 13.7. The predicted octanol–water partition coefficient (Wildman–Crippen LogP) is 4.03. The number of alkyl halides is 3. The van der Waals surface area contributed by atoms with Gasteiger partial charge in [-0.25, -0.2) is 0 Å². The van der Waals surface area contributed by atoms with Gasteiger partial charge in [0.2, 0.25) is 0 Å². The monoisotopic (exact) mass is 338 g/mol. The molecule has 3 rings (SSSR count). The van der Waals surface area contributed by atoms with Crippen molar-refractivity contribution in [3.63, 3.8) is 0 Å². The fraction of sp³-hybridized carbons (Fsp3) is 0.353. The number of halogens is 3. The Morgan fingerprint density at radius 1 is 1.29 bits per heavy atom. The Labute approximate surface area is 137 Å². The van der Waals surface area contributed by atoms with Crippen molar-refractivity contribution in [3.8, 4) is 0 Å². The fourth-order valence-electron chi connectivity index (χ4n) is 3.02. The van der Waals surface area contributed by atoms with Crippen molar-refractivity contribution in [3.05, 3.63) is 52.5 Å². The number of rotatable bonds is 3. The van der Waals surface area contributed by atoms with Crippen LogP contribution in [-0.4, -0.2) is 23.5 Å². The summed E-state index contributed by atoms with van der Waals surface area (Å²) < 4.78 is 43.1. The van der Waals surface area contributed by atoms with Gasteiger partial charge in [0, 0.05) is 24.3 Å². The smallest absolute Gasteiger partial charge is 0.401 e. The maximum absolute atomic E-state index is 12.6. The molecule has 1 aromatic carbocycles. The molecular weight excluding hydrogens is 321 g/mol. The van der Waals surface area contributed by atoms with Gasteiger partial charge < -0.3 is 9.73 Å². The van der Waals surface area contributed by atoms with Crippen LogP contribution in [0.15, 0.2) is 28.7 Å². The summed E-state index contributed by atoms with van der Waals surface area (Å²) in [6, 6.07) is 6.96. The Hall–Kier alpha value is -2.28. The lowest BCUT2D eigenvalue weighted by Gasteiger charge is -2.16. The zero-order valence-corrected chi connectivity index (χ0v) is 13.3. The largest absolute Gasteiger partial charge is 0.456 e. The molecule has 0 saturated heterocycles. The van der Waals surface area contributed by atoms with Crippen molar-refractivity contribution < 1.29 is 22.4 Å². The van der Waals surface area contributed by atoms with E-state index in [4.69, 9.17) is 4.42 Å². The lowest BCUT2D eigenvalue weighted by Crippen LogP contribution is -2.30. The molecule has 4 nitrogen and oxygen atoms in total. The second-order valence-corrected chi connectivity index (χ2v) is 6.03. The minimum Gasteiger partial charge on any atom is -0.456 e. The first-order valence-corrected chi connectivity index (χ1v) is 7.51. The van der Waals surface area contributed by atoms with Gasteiger partial charge in [-0.05, 0) is 37.1 Å². The van der Waals surface area contributed by atoms with Gasteiger partial charge in [-0.2, -0.15) is 13.2 Å². The van der Waals surface area contributed by atoms with Crippen LogP contribution in [0, 0.1) is 13.8 Å². The van der Waals surface area contributed by atoms with Gasteiger partial charge in [-0.3, -0.25) is 9.69 Å². The SMILES string of the molecule is Cc1cc(C)c(C(=O)Nc2cccc3c2CN(CC(F)(F)F)C3)o1. The van der Waals surface area contributed by atoms with Crippen LogP contribution in [0.3, 0.4) is 0 Å². The second-order valence-electron chi connectivity index (χ2n) is 6.03. The second kappa shape index (κ2) is 5.98. The molecule has 2 heterocycles. The molecule has 1 aliphatic heterocycles. The van der Waals surface area contributed by atoms with Gasteiger partial charge in [0.25, 0.3) is 5.91 Å². The van der Waals surface area contributed by atoms with Crippen LogP contribution in [0.4, 0.5) is 18.9 Å². The third-order valence-corrected chi connectivity index (χ3v) is 3.95. The summed E-state index contributed by atoms with van der Waals surface area (Å²) >= 11 is 0. The summed E-state index contributed by atoms with van der Waals surface area (Å²) in [5, 5.41) is 2.76. The molecule has 0 unspecified atom stereocenters. The number of hydrogen-bond donors (Lipinski definition) is 1. The molecule has 1 aliphatic rings. The number of carbonyl (C=O) groups is 1. The third-order valence-electron chi connectivity index (χ3n) is 3.95. The molecule has 0 saturated carbocycles. The maximum atomic E-state index is 12.6. The summed E-state index contributed by atoms with van der Waals surface area (Å²) in [7, 11) is 0. The van der Waals surface area contributed by atoms with E-state index >= 15 is 0 Å². The van der Waals surface area contributed by atoms with Crippen molar-refractivity contribution in [2.45, 2.75) is 33.1 Å². The van der Waals surface area contributed by atoms with Crippen molar-refractivity contribution >= 4 is 11.6 Å². The summed E-state index contributed by atoms with van der Waals surface area (Å²) in [6.07, 6.45) is -4.24. The number of fused-ring (bicyclic) bond motifs is 1. The molecule has 0 fully saturated rings. The quantitative estimate of drug-likeness (QED) is 0.919. The van der Waals surface area contributed by atoms with Crippen LogP contribution >= 0.6 is 0 Å². The summed E-state index contributed by atoms with van der Waals surface area (Å²) in [5.74, 6) is 0.450. The van der Waals surface area contributed by atoms with E-state index in [1.807, 2.05) is 0 Å². The molecule has 0 radical (unpaired) electrons. The van der Waals surface area contributed by atoms with Crippen LogP contribution in [-0.2, 0) is 13.1 Å². The molecule has 7 heteroatoms. The first-order valence-electron chi connectivity index (χ1n) is 7.51. The molecular formula is C17H17F3N2O2. The first-order chi connectivity index (χ1) is 11.2. The Balaban J connectivity index is 1.79. The number of aryl methyl sites for hydroxylation is 2. The highest BCUT2D eigenvalue weighted by Gasteiger charge is 2.34. The highest BCUT2D eigenvalue weighted by Crippen LogP contribution is 2.32. The minimum atomic E-state index is -4.24. The number of nitrogens with zero attached hydrogens (tertiary/aromatic N) is 1. The van der Waals surface area contributed by atoms with Crippen molar-refractivity contribution in [1.29, 1.82) is 0 Å². The Morgan fingerprint density at radius 3 is 2.67 bits per heavy atom. The molecule has 0 spiro atoms. The fourth-order valence-corrected chi connectivity index (χ4v) is 3.02. The van der Waals surface area contributed by atoms with Crippen LogP contribution in [0.25, 0.3) is 0 Å². The molecule has 128 valence electrons. The predicted molar refractivity (Wildman–Crippen MR) is 82.7 cm³/mol. The van der Waals surface area contributed by atoms with Gasteiger partial charge in [0.05, 0.1) is 6.54 Å². The van der Waals surface area contributed by atoms with Crippen LogP contribution in [0.5, 0.6) is 0 Å². The van der Waals surface area contributed by atoms with E-state index in [0.717, 1.165) is 16.7 Å².